The zero-order valence-electron chi connectivity index (χ0n) is 11.4. The maximum Gasteiger partial charge on any atom is 0.166 e. The van der Waals surface area contributed by atoms with Crippen molar-refractivity contribution in [2.75, 3.05) is 6.61 Å². The molecule has 0 aromatic heterocycles. The largest absolute Gasteiger partial charge is 0.493 e. The first kappa shape index (κ1) is 14.3. The molecule has 2 nitrogen and oxygen atoms in total. The Bertz CT molecular complexity index is 579. The van der Waals surface area contributed by atoms with Crippen molar-refractivity contribution in [2.45, 2.75) is 19.8 Å². The van der Waals surface area contributed by atoms with Gasteiger partial charge in [-0.3, -0.25) is 4.79 Å². The van der Waals surface area contributed by atoms with Crippen molar-refractivity contribution in [3.63, 3.8) is 0 Å². The highest BCUT2D eigenvalue weighted by atomic mass is 19.1. The highest BCUT2D eigenvalue weighted by molar-refractivity contribution is 5.97. The third kappa shape index (κ3) is 3.67. The summed E-state index contributed by atoms with van der Waals surface area (Å²) in [5, 5.41) is 0. The first-order valence-corrected chi connectivity index (χ1v) is 6.64. The number of ketones is 1. The van der Waals surface area contributed by atoms with Gasteiger partial charge >= 0.3 is 0 Å². The molecule has 0 heterocycles. The molecule has 2 aromatic carbocycles. The number of benzene rings is 2. The quantitative estimate of drug-likeness (QED) is 0.586. The van der Waals surface area contributed by atoms with Crippen LogP contribution in [0.25, 0.3) is 0 Å². The third-order valence-electron chi connectivity index (χ3n) is 3.04. The van der Waals surface area contributed by atoms with Crippen molar-refractivity contribution in [2.24, 2.45) is 0 Å². The number of carbonyl (C=O) groups is 1. The van der Waals surface area contributed by atoms with Gasteiger partial charge in [0.25, 0.3) is 0 Å². The van der Waals surface area contributed by atoms with Crippen LogP contribution in [0.15, 0.2) is 48.5 Å². The number of halogens is 1. The van der Waals surface area contributed by atoms with Gasteiger partial charge in [-0.15, -0.1) is 0 Å². The molecule has 2 aromatic rings. The molecule has 0 atom stereocenters. The summed E-state index contributed by atoms with van der Waals surface area (Å²) in [6.07, 6.45) is 1.71. The van der Waals surface area contributed by atoms with Crippen molar-refractivity contribution in [1.29, 1.82) is 0 Å². The van der Waals surface area contributed by atoms with Gasteiger partial charge in [-0.2, -0.15) is 0 Å². The Labute approximate surface area is 118 Å². The monoisotopic (exact) mass is 272 g/mol. The van der Waals surface area contributed by atoms with E-state index in [4.69, 9.17) is 4.74 Å². The molecule has 0 radical (unpaired) electrons. The number of ether oxygens (including phenoxy) is 1. The molecule has 0 bridgehead atoms. The molecular weight excluding hydrogens is 255 g/mol. The fraction of sp³-hybridized carbons (Fsp3) is 0.235. The van der Waals surface area contributed by atoms with Gasteiger partial charge in [0.05, 0.1) is 12.2 Å². The van der Waals surface area contributed by atoms with E-state index in [1.165, 1.54) is 18.6 Å². The SMILES string of the molecule is CC(=O)c1c(F)cccc1OCCCc1ccccc1. The zero-order chi connectivity index (χ0) is 14.4. The third-order valence-corrected chi connectivity index (χ3v) is 3.04. The molecule has 0 unspecified atom stereocenters. The van der Waals surface area contributed by atoms with Gasteiger partial charge in [0.2, 0.25) is 0 Å². The van der Waals surface area contributed by atoms with Gasteiger partial charge in [0, 0.05) is 0 Å². The van der Waals surface area contributed by atoms with E-state index in [0.717, 1.165) is 12.8 Å². The second-order valence-electron chi connectivity index (χ2n) is 4.61. The standard InChI is InChI=1S/C17H17FO2/c1-13(19)17-15(18)10-5-11-16(17)20-12-6-9-14-7-3-2-4-8-14/h2-5,7-8,10-11H,6,9,12H2,1H3. The molecule has 0 aliphatic rings. The lowest BCUT2D eigenvalue weighted by Crippen LogP contribution is -2.06. The summed E-state index contributed by atoms with van der Waals surface area (Å²) in [6, 6.07) is 14.5. The molecule has 2 rings (SSSR count). The van der Waals surface area contributed by atoms with Crippen molar-refractivity contribution in [1.82, 2.24) is 0 Å². The van der Waals surface area contributed by atoms with Crippen molar-refractivity contribution in [3.8, 4) is 5.75 Å². The summed E-state index contributed by atoms with van der Waals surface area (Å²) in [5.41, 5.74) is 1.27. The van der Waals surface area contributed by atoms with Crippen molar-refractivity contribution in [3.05, 3.63) is 65.5 Å². The summed E-state index contributed by atoms with van der Waals surface area (Å²) in [4.78, 5) is 11.4. The molecule has 0 aliphatic carbocycles. The highest BCUT2D eigenvalue weighted by Crippen LogP contribution is 2.22. The first-order chi connectivity index (χ1) is 9.68. The Morgan fingerprint density at radius 2 is 1.85 bits per heavy atom. The fourth-order valence-corrected chi connectivity index (χ4v) is 2.07. The van der Waals surface area contributed by atoms with Crippen LogP contribution in [0.2, 0.25) is 0 Å². The second-order valence-corrected chi connectivity index (χ2v) is 4.61. The van der Waals surface area contributed by atoms with Crippen LogP contribution in [-0.2, 0) is 6.42 Å². The average molecular weight is 272 g/mol. The first-order valence-electron chi connectivity index (χ1n) is 6.64. The summed E-state index contributed by atoms with van der Waals surface area (Å²) >= 11 is 0. The van der Waals surface area contributed by atoms with Crippen LogP contribution < -0.4 is 4.74 Å². The predicted molar refractivity (Wildman–Crippen MR) is 76.7 cm³/mol. The molecule has 0 fully saturated rings. The van der Waals surface area contributed by atoms with Gasteiger partial charge in [0.1, 0.15) is 11.6 Å². The minimum atomic E-state index is -0.530. The number of Topliss-reactive ketones (excluding diaryl/α,β-unsaturated/α-hetero) is 1. The molecular formula is C17H17FO2. The van der Waals surface area contributed by atoms with Crippen LogP contribution in [-0.4, -0.2) is 12.4 Å². The lowest BCUT2D eigenvalue weighted by molar-refractivity contribution is 0.100. The number of carbonyl (C=O) groups excluding carboxylic acids is 1. The Hall–Kier alpha value is -2.16. The number of hydrogen-bond acceptors (Lipinski definition) is 2. The number of rotatable bonds is 6. The van der Waals surface area contributed by atoms with E-state index < -0.39 is 5.82 Å². The van der Waals surface area contributed by atoms with Crippen molar-refractivity contribution < 1.29 is 13.9 Å². The van der Waals surface area contributed by atoms with Crippen LogP contribution in [0.5, 0.6) is 5.75 Å². The highest BCUT2D eigenvalue weighted by Gasteiger charge is 2.13. The van der Waals surface area contributed by atoms with Crippen LogP contribution in [0.4, 0.5) is 4.39 Å². The van der Waals surface area contributed by atoms with E-state index in [2.05, 4.69) is 12.1 Å². The van der Waals surface area contributed by atoms with Crippen LogP contribution in [0.1, 0.15) is 29.3 Å². The Morgan fingerprint density at radius 1 is 1.10 bits per heavy atom. The Balaban J connectivity index is 1.92. The predicted octanol–water partition coefficient (Wildman–Crippen LogP) is 4.04. The summed E-state index contributed by atoms with van der Waals surface area (Å²) in [6.45, 7) is 1.80. The molecule has 3 heteroatoms. The average Bonchev–Trinajstić information content (AvgIpc) is 2.44. The van der Waals surface area contributed by atoms with E-state index in [0.29, 0.717) is 12.4 Å². The second kappa shape index (κ2) is 6.85. The normalized spacial score (nSPS) is 10.3. The zero-order valence-corrected chi connectivity index (χ0v) is 11.4. The Kier molecular flexibility index (Phi) is 4.88. The molecule has 20 heavy (non-hydrogen) atoms. The van der Waals surface area contributed by atoms with E-state index in [9.17, 15) is 9.18 Å². The molecule has 0 aliphatic heterocycles. The van der Waals surface area contributed by atoms with Gasteiger partial charge < -0.3 is 4.74 Å². The van der Waals surface area contributed by atoms with Crippen molar-refractivity contribution >= 4 is 5.78 Å². The lowest BCUT2D eigenvalue weighted by Gasteiger charge is -2.10. The molecule has 0 saturated heterocycles. The Morgan fingerprint density at radius 3 is 2.55 bits per heavy atom. The van der Waals surface area contributed by atoms with Gasteiger partial charge in [-0.05, 0) is 37.5 Å². The molecule has 0 saturated carbocycles. The van der Waals surface area contributed by atoms with Gasteiger partial charge in [0.15, 0.2) is 5.78 Å². The lowest BCUT2D eigenvalue weighted by atomic mass is 10.1. The smallest absolute Gasteiger partial charge is 0.166 e. The minimum Gasteiger partial charge on any atom is -0.493 e. The van der Waals surface area contributed by atoms with Crippen LogP contribution in [0, 0.1) is 5.82 Å². The summed E-state index contributed by atoms with van der Waals surface area (Å²) in [5.74, 6) is -0.523. The topological polar surface area (TPSA) is 26.3 Å². The maximum absolute atomic E-state index is 13.6. The summed E-state index contributed by atoms with van der Waals surface area (Å²) < 4.78 is 19.1. The maximum atomic E-state index is 13.6. The number of aryl methyl sites for hydroxylation is 1. The van der Waals surface area contributed by atoms with Crippen LogP contribution >= 0.6 is 0 Å². The van der Waals surface area contributed by atoms with E-state index in [1.807, 2.05) is 18.2 Å². The molecule has 0 amide bonds. The van der Waals surface area contributed by atoms with E-state index in [-0.39, 0.29) is 11.3 Å². The number of hydrogen-bond donors (Lipinski definition) is 0. The van der Waals surface area contributed by atoms with E-state index >= 15 is 0 Å². The van der Waals surface area contributed by atoms with Gasteiger partial charge in [-0.25, -0.2) is 4.39 Å². The molecule has 104 valence electrons. The molecule has 0 N–H and O–H groups in total. The minimum absolute atomic E-state index is 0.0345. The van der Waals surface area contributed by atoms with E-state index in [1.54, 1.807) is 12.1 Å². The fourth-order valence-electron chi connectivity index (χ4n) is 2.07. The molecule has 0 spiro atoms. The van der Waals surface area contributed by atoms with Gasteiger partial charge in [-0.1, -0.05) is 36.4 Å². The van der Waals surface area contributed by atoms with Crippen LogP contribution in [0.3, 0.4) is 0 Å². The summed E-state index contributed by atoms with van der Waals surface area (Å²) in [7, 11) is 0.